The lowest BCUT2D eigenvalue weighted by Crippen LogP contribution is -2.48. The Kier molecular flexibility index (Phi) is 7.73. The van der Waals surface area contributed by atoms with Crippen molar-refractivity contribution in [1.29, 1.82) is 0 Å². The molecule has 7 heteroatoms. The smallest absolute Gasteiger partial charge is 0.407 e. The minimum Gasteiger partial charge on any atom is -0.481 e. The minimum atomic E-state index is -0.932. The standard InChI is InChI=1S/C28H34N2O5/c1-18(27(32)33)16-30(2)26(31)23-14-4-3-5-15-25(23)29-28(34)35-17-24-21-12-8-6-10-19(21)20-11-7-9-13-22(20)24/h6-13,18,23-25H,3-5,14-17H2,1-2H3,(H,29,34)(H,32,33)/t18?,23-,25+/m1/s1. The van der Waals surface area contributed by atoms with E-state index in [-0.39, 0.29) is 36.9 Å². The first kappa shape index (κ1) is 24.8. The number of amides is 2. The van der Waals surface area contributed by atoms with Crippen LogP contribution in [0.2, 0.25) is 0 Å². The maximum atomic E-state index is 13.2. The van der Waals surface area contributed by atoms with Crippen molar-refractivity contribution in [3.63, 3.8) is 0 Å². The van der Waals surface area contributed by atoms with E-state index >= 15 is 0 Å². The Morgan fingerprint density at radius 1 is 1.00 bits per heavy atom. The van der Waals surface area contributed by atoms with Gasteiger partial charge in [-0.15, -0.1) is 0 Å². The molecule has 0 saturated heterocycles. The Labute approximate surface area is 206 Å². The summed E-state index contributed by atoms with van der Waals surface area (Å²) >= 11 is 0. The van der Waals surface area contributed by atoms with Gasteiger partial charge in [-0.1, -0.05) is 74.7 Å². The molecule has 2 aromatic carbocycles. The van der Waals surface area contributed by atoms with E-state index in [0.29, 0.717) is 12.8 Å². The summed E-state index contributed by atoms with van der Waals surface area (Å²) in [5.41, 5.74) is 4.65. The van der Waals surface area contributed by atoms with E-state index in [4.69, 9.17) is 4.74 Å². The van der Waals surface area contributed by atoms with Gasteiger partial charge in [0.1, 0.15) is 6.61 Å². The zero-order valence-corrected chi connectivity index (χ0v) is 20.4. The number of benzene rings is 2. The van der Waals surface area contributed by atoms with Gasteiger partial charge in [0.05, 0.1) is 11.8 Å². The number of nitrogens with zero attached hydrogens (tertiary/aromatic N) is 1. The van der Waals surface area contributed by atoms with Gasteiger partial charge in [-0.25, -0.2) is 4.79 Å². The number of carboxylic acid groups (broad SMARTS) is 1. The summed E-state index contributed by atoms with van der Waals surface area (Å²) < 4.78 is 5.72. The average molecular weight is 479 g/mol. The van der Waals surface area contributed by atoms with Crippen molar-refractivity contribution in [1.82, 2.24) is 10.2 Å². The van der Waals surface area contributed by atoms with Gasteiger partial charge in [0.15, 0.2) is 0 Å². The number of carbonyl (C=O) groups excluding carboxylic acids is 2. The molecule has 0 heterocycles. The Morgan fingerprint density at radius 3 is 2.23 bits per heavy atom. The van der Waals surface area contributed by atoms with Crippen molar-refractivity contribution in [3.05, 3.63) is 59.7 Å². The number of fused-ring (bicyclic) bond motifs is 3. The SMILES string of the molecule is CC(CN(C)C(=O)[C@@H]1CCCCC[C@@H]1NC(=O)OCC1c2ccccc2-c2ccccc21)C(=O)O. The molecule has 0 bridgehead atoms. The highest BCUT2D eigenvalue weighted by molar-refractivity contribution is 5.81. The van der Waals surface area contributed by atoms with Crippen LogP contribution in [0.1, 0.15) is 56.1 Å². The number of nitrogens with one attached hydrogen (secondary N) is 1. The van der Waals surface area contributed by atoms with Crippen LogP contribution in [0.4, 0.5) is 4.79 Å². The molecule has 1 unspecified atom stereocenters. The Hall–Kier alpha value is -3.35. The summed E-state index contributed by atoms with van der Waals surface area (Å²) in [4.78, 5) is 38.8. The molecule has 4 rings (SSSR count). The Balaban J connectivity index is 1.41. The second-order valence-electron chi connectivity index (χ2n) is 9.78. The van der Waals surface area contributed by atoms with Gasteiger partial charge in [-0.3, -0.25) is 9.59 Å². The summed E-state index contributed by atoms with van der Waals surface area (Å²) in [6.07, 6.45) is 3.68. The molecule has 2 aliphatic carbocycles. The normalized spacial score (nSPS) is 20.2. The van der Waals surface area contributed by atoms with Crippen molar-refractivity contribution >= 4 is 18.0 Å². The Morgan fingerprint density at radius 2 is 1.60 bits per heavy atom. The first-order valence-electron chi connectivity index (χ1n) is 12.5. The first-order chi connectivity index (χ1) is 16.9. The number of ether oxygens (including phenoxy) is 1. The summed E-state index contributed by atoms with van der Waals surface area (Å²) in [6.45, 7) is 1.95. The maximum Gasteiger partial charge on any atom is 0.407 e. The molecule has 35 heavy (non-hydrogen) atoms. The van der Waals surface area contributed by atoms with Crippen LogP contribution in [0, 0.1) is 11.8 Å². The molecule has 0 radical (unpaired) electrons. The summed E-state index contributed by atoms with van der Waals surface area (Å²) in [5.74, 6) is -2.11. The van der Waals surface area contributed by atoms with E-state index in [9.17, 15) is 19.5 Å². The molecule has 2 aromatic rings. The van der Waals surface area contributed by atoms with E-state index in [1.807, 2.05) is 24.3 Å². The van der Waals surface area contributed by atoms with Crippen LogP contribution in [0.15, 0.2) is 48.5 Å². The maximum absolute atomic E-state index is 13.2. The number of alkyl carbamates (subject to hydrolysis) is 1. The van der Waals surface area contributed by atoms with Crippen molar-refractivity contribution < 1.29 is 24.2 Å². The number of aliphatic carboxylic acids is 1. The van der Waals surface area contributed by atoms with Crippen LogP contribution in [0.5, 0.6) is 0 Å². The minimum absolute atomic E-state index is 0.0247. The molecule has 0 aromatic heterocycles. The van der Waals surface area contributed by atoms with Crippen LogP contribution in [-0.4, -0.2) is 54.2 Å². The number of hydrogen-bond donors (Lipinski definition) is 2. The molecule has 0 aliphatic heterocycles. The zero-order valence-electron chi connectivity index (χ0n) is 20.4. The van der Waals surface area contributed by atoms with Crippen molar-refractivity contribution in [2.75, 3.05) is 20.2 Å². The molecule has 0 spiro atoms. The van der Waals surface area contributed by atoms with Gasteiger partial charge in [-0.2, -0.15) is 0 Å². The molecule has 186 valence electrons. The van der Waals surface area contributed by atoms with Crippen LogP contribution < -0.4 is 5.32 Å². The van der Waals surface area contributed by atoms with Crippen molar-refractivity contribution in [2.45, 2.75) is 51.0 Å². The summed E-state index contributed by atoms with van der Waals surface area (Å²) in [7, 11) is 1.64. The third kappa shape index (κ3) is 5.50. The zero-order chi connectivity index (χ0) is 24.9. The quantitative estimate of drug-likeness (QED) is 0.565. The predicted molar refractivity (Wildman–Crippen MR) is 133 cm³/mol. The lowest BCUT2D eigenvalue weighted by atomic mass is 9.93. The highest BCUT2D eigenvalue weighted by atomic mass is 16.5. The van der Waals surface area contributed by atoms with Crippen molar-refractivity contribution in [3.8, 4) is 11.1 Å². The number of rotatable bonds is 7. The monoisotopic (exact) mass is 478 g/mol. The molecule has 1 fully saturated rings. The predicted octanol–water partition coefficient (Wildman–Crippen LogP) is 4.65. The molecule has 1 saturated carbocycles. The van der Waals surface area contributed by atoms with Crippen LogP contribution in [0.25, 0.3) is 11.1 Å². The lowest BCUT2D eigenvalue weighted by molar-refractivity contribution is -0.143. The summed E-state index contributed by atoms with van der Waals surface area (Å²) in [5, 5.41) is 12.2. The first-order valence-corrected chi connectivity index (χ1v) is 12.5. The lowest BCUT2D eigenvalue weighted by Gasteiger charge is -2.30. The van der Waals surface area contributed by atoms with Crippen LogP contribution in [-0.2, 0) is 14.3 Å². The highest BCUT2D eigenvalue weighted by Crippen LogP contribution is 2.44. The molecule has 7 nitrogen and oxygen atoms in total. The second kappa shape index (κ2) is 10.9. The fourth-order valence-electron chi connectivity index (χ4n) is 5.43. The third-order valence-corrected chi connectivity index (χ3v) is 7.33. The fourth-order valence-corrected chi connectivity index (χ4v) is 5.43. The van der Waals surface area contributed by atoms with Crippen molar-refractivity contribution in [2.24, 2.45) is 11.8 Å². The summed E-state index contributed by atoms with van der Waals surface area (Å²) in [6, 6.07) is 16.1. The van der Waals surface area contributed by atoms with Gasteiger partial charge < -0.3 is 20.1 Å². The molecule has 3 atom stereocenters. The molecule has 2 amide bonds. The molecule has 2 aliphatic rings. The topological polar surface area (TPSA) is 95.9 Å². The van der Waals surface area contributed by atoms with Gasteiger partial charge >= 0.3 is 12.1 Å². The van der Waals surface area contributed by atoms with E-state index in [2.05, 4.69) is 29.6 Å². The van der Waals surface area contributed by atoms with Gasteiger partial charge in [0, 0.05) is 25.6 Å². The fraction of sp³-hybridized carbons (Fsp3) is 0.464. The van der Waals surface area contributed by atoms with Gasteiger partial charge in [0.25, 0.3) is 0 Å². The number of carbonyl (C=O) groups is 3. The second-order valence-corrected chi connectivity index (χ2v) is 9.78. The van der Waals surface area contributed by atoms with E-state index in [1.165, 1.54) is 16.0 Å². The largest absolute Gasteiger partial charge is 0.481 e. The average Bonchev–Trinajstić information content (AvgIpc) is 2.99. The third-order valence-electron chi connectivity index (χ3n) is 7.33. The van der Waals surface area contributed by atoms with E-state index in [1.54, 1.807) is 14.0 Å². The molecular weight excluding hydrogens is 444 g/mol. The molecular formula is C28H34N2O5. The van der Waals surface area contributed by atoms with Gasteiger partial charge in [-0.05, 0) is 35.1 Å². The van der Waals surface area contributed by atoms with Gasteiger partial charge in [0.2, 0.25) is 5.91 Å². The number of hydrogen-bond acceptors (Lipinski definition) is 4. The van der Waals surface area contributed by atoms with E-state index < -0.39 is 18.0 Å². The van der Waals surface area contributed by atoms with Crippen LogP contribution >= 0.6 is 0 Å². The number of carboxylic acids is 1. The highest BCUT2D eigenvalue weighted by Gasteiger charge is 2.34. The van der Waals surface area contributed by atoms with E-state index in [0.717, 1.165) is 30.4 Å². The molecule has 2 N–H and O–H groups in total. The Bertz CT molecular complexity index is 1040. The van der Waals surface area contributed by atoms with Crippen LogP contribution in [0.3, 0.4) is 0 Å².